The Hall–Kier alpha value is -2.29. The fourth-order valence-corrected chi connectivity index (χ4v) is 4.88. The van der Waals surface area contributed by atoms with Crippen molar-refractivity contribution in [2.24, 2.45) is 0 Å². The number of ether oxygens (including phenoxy) is 1. The van der Waals surface area contributed by atoms with Crippen molar-refractivity contribution in [3.63, 3.8) is 0 Å². The lowest BCUT2D eigenvalue weighted by atomic mass is 10.2. The Balaban J connectivity index is 1.42. The molecule has 1 aliphatic rings. The Morgan fingerprint density at radius 3 is 3.04 bits per heavy atom. The molecule has 4 aromatic rings. The molecule has 0 fully saturated rings. The highest BCUT2D eigenvalue weighted by molar-refractivity contribution is 8.00. The van der Waals surface area contributed by atoms with Crippen LogP contribution in [0.1, 0.15) is 0 Å². The van der Waals surface area contributed by atoms with Gasteiger partial charge in [-0.25, -0.2) is 9.97 Å². The average molecular weight is 399 g/mol. The monoisotopic (exact) mass is 398 g/mol. The maximum absolute atomic E-state index is 5.92. The molecule has 5 nitrogen and oxygen atoms in total. The van der Waals surface area contributed by atoms with E-state index < -0.39 is 0 Å². The lowest BCUT2D eigenvalue weighted by Crippen LogP contribution is -2.28. The number of anilines is 3. The topological polar surface area (TPSA) is 50.3 Å². The maximum atomic E-state index is 5.92. The highest BCUT2D eigenvalue weighted by Gasteiger charge is 2.20. The van der Waals surface area contributed by atoms with E-state index in [-0.39, 0.29) is 0 Å². The summed E-state index contributed by atoms with van der Waals surface area (Å²) in [5, 5.41) is 2.85. The van der Waals surface area contributed by atoms with Crippen molar-refractivity contribution in [3.05, 3.63) is 53.5 Å². The number of benzene rings is 2. The molecule has 0 saturated carbocycles. The highest BCUT2D eigenvalue weighted by atomic mass is 32.2. The van der Waals surface area contributed by atoms with E-state index in [1.165, 1.54) is 10.4 Å². The second-order valence-electron chi connectivity index (χ2n) is 5.68. The standard InChI is InChI=1S/C18H14N4OS3/c1-3-14-17(25-11-20-14)9-12(1)22-6-7-23-16-10-13(2-4-15(16)22)26-21-18-19-5-8-24-18/h1-5,8-11H,6-7H2,(H,19,21). The zero-order valence-corrected chi connectivity index (χ0v) is 16.0. The van der Waals surface area contributed by atoms with Gasteiger partial charge in [0.25, 0.3) is 0 Å². The van der Waals surface area contributed by atoms with E-state index in [9.17, 15) is 0 Å². The van der Waals surface area contributed by atoms with Gasteiger partial charge in [0, 0.05) is 22.2 Å². The Bertz CT molecular complexity index is 1050. The molecule has 1 N–H and O–H groups in total. The summed E-state index contributed by atoms with van der Waals surface area (Å²) < 4.78 is 10.4. The molecule has 8 heteroatoms. The summed E-state index contributed by atoms with van der Waals surface area (Å²) in [7, 11) is 0. The molecular formula is C18H14N4OS3. The summed E-state index contributed by atoms with van der Waals surface area (Å²) in [6.07, 6.45) is 1.79. The van der Waals surface area contributed by atoms with Crippen molar-refractivity contribution in [2.75, 3.05) is 22.8 Å². The maximum Gasteiger partial charge on any atom is 0.192 e. The van der Waals surface area contributed by atoms with Crippen LogP contribution in [-0.4, -0.2) is 23.1 Å². The van der Waals surface area contributed by atoms with Crippen molar-refractivity contribution in [2.45, 2.75) is 4.90 Å². The van der Waals surface area contributed by atoms with Crippen LogP contribution in [0.4, 0.5) is 16.5 Å². The molecule has 0 atom stereocenters. The molecule has 1 aliphatic heterocycles. The molecule has 2 aromatic carbocycles. The van der Waals surface area contributed by atoms with Gasteiger partial charge >= 0.3 is 0 Å². The fraction of sp³-hybridized carbons (Fsp3) is 0.111. The number of rotatable bonds is 4. The normalized spacial score (nSPS) is 13.5. The third-order valence-corrected chi connectivity index (χ3v) is 6.50. The van der Waals surface area contributed by atoms with E-state index in [2.05, 4.69) is 56.0 Å². The lowest BCUT2D eigenvalue weighted by molar-refractivity contribution is 0.313. The minimum atomic E-state index is 0.668. The zero-order valence-electron chi connectivity index (χ0n) is 13.6. The van der Waals surface area contributed by atoms with Crippen LogP contribution in [0.15, 0.2) is 58.4 Å². The minimum absolute atomic E-state index is 0.668. The highest BCUT2D eigenvalue weighted by Crippen LogP contribution is 2.40. The van der Waals surface area contributed by atoms with Crippen LogP contribution >= 0.6 is 34.6 Å². The van der Waals surface area contributed by atoms with E-state index in [0.29, 0.717) is 6.61 Å². The van der Waals surface area contributed by atoms with Gasteiger partial charge in [0.1, 0.15) is 12.4 Å². The molecule has 0 saturated heterocycles. The summed E-state index contributed by atoms with van der Waals surface area (Å²) in [5.41, 5.74) is 5.21. The third-order valence-electron chi connectivity index (χ3n) is 4.11. The van der Waals surface area contributed by atoms with Gasteiger partial charge in [-0.2, -0.15) is 0 Å². The SMILES string of the molecule is c1csc(NSc2ccc3c(c2)OCCN3c2ccc3ncsc3c2)n1. The predicted molar refractivity (Wildman–Crippen MR) is 110 cm³/mol. The molecule has 26 heavy (non-hydrogen) atoms. The predicted octanol–water partition coefficient (Wildman–Crippen LogP) is 5.40. The quantitative estimate of drug-likeness (QED) is 0.464. The molecule has 0 spiro atoms. The number of hydrogen-bond acceptors (Lipinski definition) is 8. The molecule has 0 unspecified atom stereocenters. The second kappa shape index (κ2) is 6.79. The molecule has 0 radical (unpaired) electrons. The van der Waals surface area contributed by atoms with Crippen LogP contribution in [0.3, 0.4) is 0 Å². The molecule has 130 valence electrons. The molecule has 3 heterocycles. The van der Waals surface area contributed by atoms with Crippen LogP contribution in [-0.2, 0) is 0 Å². The zero-order chi connectivity index (χ0) is 17.3. The Kier molecular flexibility index (Phi) is 4.16. The summed E-state index contributed by atoms with van der Waals surface area (Å²) in [6.45, 7) is 1.50. The van der Waals surface area contributed by atoms with Crippen LogP contribution in [0.25, 0.3) is 10.2 Å². The number of aromatic nitrogens is 2. The summed E-state index contributed by atoms with van der Waals surface area (Å²) in [6, 6.07) is 12.7. The fourth-order valence-electron chi connectivity index (χ4n) is 2.92. The number of thiazole rings is 2. The van der Waals surface area contributed by atoms with E-state index in [1.807, 2.05) is 10.9 Å². The van der Waals surface area contributed by atoms with Gasteiger partial charge in [-0.15, -0.1) is 22.7 Å². The molecule has 0 aliphatic carbocycles. The van der Waals surface area contributed by atoms with Crippen molar-refractivity contribution in [1.82, 2.24) is 9.97 Å². The first-order chi connectivity index (χ1) is 12.9. The van der Waals surface area contributed by atoms with Gasteiger partial charge in [0.2, 0.25) is 0 Å². The van der Waals surface area contributed by atoms with Gasteiger partial charge in [-0.05, 0) is 48.3 Å². The van der Waals surface area contributed by atoms with Crippen molar-refractivity contribution < 1.29 is 4.74 Å². The Morgan fingerprint density at radius 1 is 1.12 bits per heavy atom. The Labute approximate surface area is 162 Å². The average Bonchev–Trinajstić information content (AvgIpc) is 3.36. The largest absolute Gasteiger partial charge is 0.489 e. The number of nitrogens with one attached hydrogen (secondary N) is 1. The first kappa shape index (κ1) is 15.9. The minimum Gasteiger partial charge on any atom is -0.489 e. The number of nitrogens with zero attached hydrogens (tertiary/aromatic N) is 3. The van der Waals surface area contributed by atoms with Gasteiger partial charge in [-0.3, -0.25) is 0 Å². The van der Waals surface area contributed by atoms with Gasteiger partial charge < -0.3 is 14.4 Å². The number of fused-ring (bicyclic) bond motifs is 2. The van der Waals surface area contributed by atoms with Crippen molar-refractivity contribution >= 4 is 61.3 Å². The van der Waals surface area contributed by atoms with Crippen LogP contribution in [0.2, 0.25) is 0 Å². The molecule has 2 aromatic heterocycles. The molecule has 0 bridgehead atoms. The first-order valence-electron chi connectivity index (χ1n) is 8.07. The smallest absolute Gasteiger partial charge is 0.192 e. The summed E-state index contributed by atoms with van der Waals surface area (Å²) in [5.74, 6) is 0.909. The molecule has 0 amide bonds. The van der Waals surface area contributed by atoms with Gasteiger partial charge in [0.15, 0.2) is 5.13 Å². The molecular weight excluding hydrogens is 384 g/mol. The van der Waals surface area contributed by atoms with E-state index >= 15 is 0 Å². The van der Waals surface area contributed by atoms with Gasteiger partial charge in [0.05, 0.1) is 28.0 Å². The van der Waals surface area contributed by atoms with E-state index in [1.54, 1.807) is 40.8 Å². The summed E-state index contributed by atoms with van der Waals surface area (Å²) in [4.78, 5) is 12.0. The van der Waals surface area contributed by atoms with Crippen molar-refractivity contribution in [1.29, 1.82) is 0 Å². The van der Waals surface area contributed by atoms with Crippen LogP contribution in [0.5, 0.6) is 5.75 Å². The summed E-state index contributed by atoms with van der Waals surface area (Å²) >= 11 is 4.80. The van der Waals surface area contributed by atoms with Crippen LogP contribution < -0.4 is 14.4 Å². The van der Waals surface area contributed by atoms with Crippen molar-refractivity contribution in [3.8, 4) is 5.75 Å². The first-order valence-corrected chi connectivity index (χ1v) is 10.6. The van der Waals surface area contributed by atoms with Gasteiger partial charge in [-0.1, -0.05) is 0 Å². The second-order valence-corrected chi connectivity index (χ2v) is 8.34. The Morgan fingerprint density at radius 2 is 2.12 bits per heavy atom. The lowest BCUT2D eigenvalue weighted by Gasteiger charge is -2.31. The number of hydrogen-bond donors (Lipinski definition) is 1. The third kappa shape index (κ3) is 3.00. The van der Waals surface area contributed by atoms with Crippen LogP contribution in [0, 0.1) is 0 Å². The van der Waals surface area contributed by atoms with E-state index in [4.69, 9.17) is 4.74 Å². The van der Waals surface area contributed by atoms with E-state index in [0.717, 1.165) is 33.5 Å². The molecule has 5 rings (SSSR count).